The molecule has 0 aromatic heterocycles. The van der Waals surface area contributed by atoms with E-state index in [0.717, 1.165) is 11.8 Å². The lowest BCUT2D eigenvalue weighted by atomic mass is 9.64. The minimum absolute atomic E-state index is 0.229. The highest BCUT2D eigenvalue weighted by Gasteiger charge is 2.35. The van der Waals surface area contributed by atoms with Crippen molar-refractivity contribution in [1.82, 2.24) is 0 Å². The molecule has 168 valence electrons. The fraction of sp³-hybridized carbons (Fsp3) is 0.414. The molecule has 2 aromatic rings. The number of fused-ring (bicyclic) bond motifs is 1. The Labute approximate surface area is 191 Å². The Morgan fingerprint density at radius 3 is 2.47 bits per heavy atom. The predicted molar refractivity (Wildman–Crippen MR) is 127 cm³/mol. The molecule has 2 aromatic carbocycles. The summed E-state index contributed by atoms with van der Waals surface area (Å²) < 4.78 is 19.6. The molecule has 4 atom stereocenters. The van der Waals surface area contributed by atoms with E-state index in [2.05, 4.69) is 31.4 Å². The Morgan fingerprint density at radius 1 is 1.00 bits per heavy atom. The second-order valence-electron chi connectivity index (χ2n) is 9.43. The molecule has 0 aliphatic heterocycles. The van der Waals surface area contributed by atoms with Crippen molar-refractivity contribution in [2.75, 3.05) is 0 Å². The minimum atomic E-state index is -0.457. The Bertz CT molecular complexity index is 962. The van der Waals surface area contributed by atoms with Crippen LogP contribution in [0.2, 0.25) is 0 Å². The third kappa shape index (κ3) is 5.20. The molecule has 2 aliphatic rings. The molecule has 2 nitrogen and oxygen atoms in total. The maximum atomic E-state index is 14.2. The van der Waals surface area contributed by atoms with Crippen molar-refractivity contribution < 1.29 is 13.9 Å². The molecule has 2 saturated carbocycles. The van der Waals surface area contributed by atoms with Crippen molar-refractivity contribution in [3.05, 3.63) is 90.3 Å². The molecule has 0 spiro atoms. The number of carbonyl (C=O) groups excluding carboxylic acids is 1. The first-order valence-electron chi connectivity index (χ1n) is 11.9. The second kappa shape index (κ2) is 10.3. The Morgan fingerprint density at radius 2 is 1.75 bits per heavy atom. The van der Waals surface area contributed by atoms with Gasteiger partial charge in [0, 0.05) is 6.07 Å². The molecule has 4 unspecified atom stereocenters. The zero-order valence-electron chi connectivity index (χ0n) is 18.8. The molecule has 3 heteroatoms. The first-order chi connectivity index (χ1) is 15.6. The number of hydrogen-bond donors (Lipinski definition) is 0. The zero-order chi connectivity index (χ0) is 22.5. The summed E-state index contributed by atoms with van der Waals surface area (Å²) in [5.41, 5.74) is 2.40. The van der Waals surface area contributed by atoms with E-state index in [1.54, 1.807) is 18.2 Å². The van der Waals surface area contributed by atoms with Gasteiger partial charge in [-0.15, -0.1) is 13.2 Å². The van der Waals surface area contributed by atoms with Crippen molar-refractivity contribution in [2.24, 2.45) is 17.8 Å². The van der Waals surface area contributed by atoms with Gasteiger partial charge < -0.3 is 4.74 Å². The van der Waals surface area contributed by atoms with Gasteiger partial charge in [0.15, 0.2) is 0 Å². The van der Waals surface area contributed by atoms with Crippen molar-refractivity contribution in [3.8, 4) is 5.75 Å². The van der Waals surface area contributed by atoms with E-state index in [0.29, 0.717) is 35.8 Å². The van der Waals surface area contributed by atoms with Crippen LogP contribution in [-0.4, -0.2) is 5.97 Å². The first kappa shape index (κ1) is 22.5. The molecule has 32 heavy (non-hydrogen) atoms. The van der Waals surface area contributed by atoms with Gasteiger partial charge in [-0.2, -0.15) is 0 Å². The highest BCUT2D eigenvalue weighted by Crippen LogP contribution is 2.47. The lowest BCUT2D eigenvalue weighted by Crippen LogP contribution is -2.29. The normalized spacial score (nSPS) is 24.9. The van der Waals surface area contributed by atoms with Crippen LogP contribution in [0.5, 0.6) is 5.75 Å². The third-order valence-electron chi connectivity index (χ3n) is 7.46. The number of carbonyl (C=O) groups is 1. The SMILES string of the molecule is C=CCCc1ccc(OC(=O)c2ccc(C3CCC4CC(C=C)CCC4C3)cc2)cc1F. The van der Waals surface area contributed by atoms with E-state index < -0.39 is 5.97 Å². The maximum Gasteiger partial charge on any atom is 0.343 e. The maximum absolute atomic E-state index is 14.2. The molecule has 0 saturated heterocycles. The van der Waals surface area contributed by atoms with Crippen molar-refractivity contribution >= 4 is 5.97 Å². The summed E-state index contributed by atoms with van der Waals surface area (Å²) in [5.74, 6) is 2.35. The van der Waals surface area contributed by atoms with E-state index >= 15 is 0 Å². The lowest BCUT2D eigenvalue weighted by Gasteiger charge is -2.41. The van der Waals surface area contributed by atoms with Crippen LogP contribution in [0.25, 0.3) is 0 Å². The fourth-order valence-electron chi connectivity index (χ4n) is 5.55. The molecule has 0 radical (unpaired) electrons. The van der Waals surface area contributed by atoms with Crippen LogP contribution in [-0.2, 0) is 6.42 Å². The second-order valence-corrected chi connectivity index (χ2v) is 9.43. The molecule has 4 rings (SSSR count). The summed E-state index contributed by atoms with van der Waals surface area (Å²) in [4.78, 5) is 12.6. The number of aryl methyl sites for hydroxylation is 1. The van der Waals surface area contributed by atoms with Crippen LogP contribution in [0.15, 0.2) is 67.8 Å². The Kier molecular flexibility index (Phi) is 7.24. The standard InChI is InChI=1S/C29H33FO2/c1-3-5-6-22-15-16-27(19-28(22)30)32-29(31)23-11-9-21(10-12-23)25-14-13-24-17-20(4-2)7-8-26(24)18-25/h3-4,9-12,15-16,19-20,24-26H,1-2,5-8,13-14,17-18H2. The average molecular weight is 433 g/mol. The Hall–Kier alpha value is -2.68. The van der Waals surface area contributed by atoms with E-state index in [-0.39, 0.29) is 11.6 Å². The molecule has 0 bridgehead atoms. The van der Waals surface area contributed by atoms with Gasteiger partial charge in [0.05, 0.1) is 5.56 Å². The van der Waals surface area contributed by atoms with Gasteiger partial charge in [-0.05, 0) is 104 Å². The number of allylic oxidation sites excluding steroid dienone is 2. The van der Waals surface area contributed by atoms with E-state index in [1.807, 2.05) is 12.1 Å². The molecule has 0 heterocycles. The molecule has 0 N–H and O–H groups in total. The van der Waals surface area contributed by atoms with Crippen LogP contribution in [0.3, 0.4) is 0 Å². The number of benzene rings is 2. The average Bonchev–Trinajstić information content (AvgIpc) is 2.83. The quantitative estimate of drug-likeness (QED) is 0.255. The van der Waals surface area contributed by atoms with Gasteiger partial charge in [-0.3, -0.25) is 0 Å². The van der Waals surface area contributed by atoms with Crippen molar-refractivity contribution in [3.63, 3.8) is 0 Å². The number of hydrogen-bond acceptors (Lipinski definition) is 2. The topological polar surface area (TPSA) is 26.3 Å². The van der Waals surface area contributed by atoms with Gasteiger partial charge in [-0.25, -0.2) is 9.18 Å². The molecular formula is C29H33FO2. The highest BCUT2D eigenvalue weighted by atomic mass is 19.1. The smallest absolute Gasteiger partial charge is 0.343 e. The number of ether oxygens (including phenoxy) is 1. The lowest BCUT2D eigenvalue weighted by molar-refractivity contribution is 0.0734. The molecule has 2 fully saturated rings. The van der Waals surface area contributed by atoms with Gasteiger partial charge in [0.1, 0.15) is 11.6 Å². The van der Waals surface area contributed by atoms with Crippen molar-refractivity contribution in [1.29, 1.82) is 0 Å². The van der Waals surface area contributed by atoms with Crippen LogP contribution in [0, 0.1) is 23.6 Å². The number of rotatable bonds is 7. The summed E-state index contributed by atoms with van der Waals surface area (Å²) >= 11 is 0. The van der Waals surface area contributed by atoms with E-state index in [1.165, 1.54) is 50.2 Å². The number of halogens is 1. The predicted octanol–water partition coefficient (Wildman–Crippen LogP) is 7.65. The van der Waals surface area contributed by atoms with Gasteiger partial charge >= 0.3 is 5.97 Å². The molecule has 2 aliphatic carbocycles. The summed E-state index contributed by atoms with van der Waals surface area (Å²) in [7, 11) is 0. The first-order valence-corrected chi connectivity index (χ1v) is 11.9. The van der Waals surface area contributed by atoms with E-state index in [4.69, 9.17) is 4.74 Å². The summed E-state index contributed by atoms with van der Waals surface area (Å²) in [6.45, 7) is 7.65. The highest BCUT2D eigenvalue weighted by molar-refractivity contribution is 5.91. The van der Waals surface area contributed by atoms with Crippen LogP contribution >= 0.6 is 0 Å². The monoisotopic (exact) mass is 432 g/mol. The minimum Gasteiger partial charge on any atom is -0.423 e. The zero-order valence-corrected chi connectivity index (χ0v) is 18.8. The van der Waals surface area contributed by atoms with Crippen LogP contribution in [0.1, 0.15) is 72.3 Å². The number of esters is 1. The van der Waals surface area contributed by atoms with Crippen LogP contribution < -0.4 is 4.74 Å². The van der Waals surface area contributed by atoms with Crippen LogP contribution in [0.4, 0.5) is 4.39 Å². The van der Waals surface area contributed by atoms with Crippen molar-refractivity contribution in [2.45, 2.75) is 57.3 Å². The van der Waals surface area contributed by atoms with Gasteiger partial charge in [0.2, 0.25) is 0 Å². The summed E-state index contributed by atoms with van der Waals surface area (Å²) in [6, 6.07) is 12.4. The largest absolute Gasteiger partial charge is 0.423 e. The van der Waals surface area contributed by atoms with E-state index in [9.17, 15) is 9.18 Å². The fourth-order valence-corrected chi connectivity index (χ4v) is 5.55. The van der Waals surface area contributed by atoms with Gasteiger partial charge in [-0.1, -0.05) is 30.4 Å². The molecule has 0 amide bonds. The Balaban J connectivity index is 1.35. The van der Waals surface area contributed by atoms with Gasteiger partial charge in [0.25, 0.3) is 0 Å². The molecular weight excluding hydrogens is 399 g/mol. The third-order valence-corrected chi connectivity index (χ3v) is 7.46. The summed E-state index contributed by atoms with van der Waals surface area (Å²) in [6.07, 6.45) is 12.8. The summed E-state index contributed by atoms with van der Waals surface area (Å²) in [5, 5.41) is 0.